The Morgan fingerprint density at radius 2 is 2.06 bits per heavy atom. The van der Waals surface area contributed by atoms with Crippen molar-refractivity contribution in [3.8, 4) is 0 Å². The molecule has 1 aromatic carbocycles. The van der Waals surface area contributed by atoms with Gasteiger partial charge in [-0.2, -0.15) is 0 Å². The molecular formula is C15H23N3. The van der Waals surface area contributed by atoms with Gasteiger partial charge >= 0.3 is 0 Å². The van der Waals surface area contributed by atoms with Crippen LogP contribution in [0.5, 0.6) is 0 Å². The quantitative estimate of drug-likeness (QED) is 0.897. The lowest BCUT2D eigenvalue weighted by molar-refractivity contribution is 0.427. The highest BCUT2D eigenvalue weighted by Crippen LogP contribution is 2.26. The Morgan fingerprint density at radius 1 is 1.33 bits per heavy atom. The van der Waals surface area contributed by atoms with Crippen molar-refractivity contribution in [2.24, 2.45) is 11.7 Å². The summed E-state index contributed by atoms with van der Waals surface area (Å²) in [6, 6.07) is 6.43. The first-order valence-electron chi connectivity index (χ1n) is 6.80. The molecule has 18 heavy (non-hydrogen) atoms. The molecule has 2 atom stereocenters. The standard InChI is InChI=1S/C15H23N3/c1-5-11(4)14(16)15-17-12-9-10(3)7-8-13(12)18(15)6-2/h7-9,11,14H,5-6,16H2,1-4H3. The van der Waals surface area contributed by atoms with Crippen molar-refractivity contribution in [2.75, 3.05) is 0 Å². The van der Waals surface area contributed by atoms with E-state index in [1.807, 2.05) is 0 Å². The van der Waals surface area contributed by atoms with Crippen LogP contribution in [0.3, 0.4) is 0 Å². The number of fused-ring (bicyclic) bond motifs is 1. The molecule has 1 aromatic heterocycles. The number of hydrogen-bond acceptors (Lipinski definition) is 2. The Balaban J connectivity index is 2.56. The second-order valence-electron chi connectivity index (χ2n) is 5.12. The number of benzene rings is 1. The van der Waals surface area contributed by atoms with Crippen LogP contribution in [0.15, 0.2) is 18.2 Å². The predicted molar refractivity (Wildman–Crippen MR) is 76.5 cm³/mol. The van der Waals surface area contributed by atoms with Gasteiger partial charge < -0.3 is 10.3 Å². The van der Waals surface area contributed by atoms with E-state index in [-0.39, 0.29) is 6.04 Å². The molecule has 0 fully saturated rings. The minimum Gasteiger partial charge on any atom is -0.327 e. The summed E-state index contributed by atoms with van der Waals surface area (Å²) in [6.45, 7) is 9.52. The number of imidazole rings is 1. The van der Waals surface area contributed by atoms with Crippen molar-refractivity contribution in [3.05, 3.63) is 29.6 Å². The summed E-state index contributed by atoms with van der Waals surface area (Å²) in [7, 11) is 0. The molecule has 98 valence electrons. The minimum atomic E-state index is 0.0163. The zero-order valence-electron chi connectivity index (χ0n) is 11.8. The number of nitrogens with two attached hydrogens (primary N) is 1. The lowest BCUT2D eigenvalue weighted by atomic mass is 9.99. The van der Waals surface area contributed by atoms with Gasteiger partial charge in [0.15, 0.2) is 0 Å². The predicted octanol–water partition coefficient (Wildman–Crippen LogP) is 3.41. The van der Waals surface area contributed by atoms with Crippen LogP contribution in [0.4, 0.5) is 0 Å². The van der Waals surface area contributed by atoms with Gasteiger partial charge in [0, 0.05) is 6.54 Å². The fourth-order valence-electron chi connectivity index (χ4n) is 2.35. The van der Waals surface area contributed by atoms with E-state index in [2.05, 4.69) is 50.5 Å². The fraction of sp³-hybridized carbons (Fsp3) is 0.533. The fourth-order valence-corrected chi connectivity index (χ4v) is 2.35. The van der Waals surface area contributed by atoms with Crippen LogP contribution < -0.4 is 5.73 Å². The van der Waals surface area contributed by atoms with Gasteiger partial charge in [-0.1, -0.05) is 26.3 Å². The Labute approximate surface area is 109 Å². The Kier molecular flexibility index (Phi) is 3.71. The Hall–Kier alpha value is -1.35. The van der Waals surface area contributed by atoms with E-state index in [0.717, 1.165) is 24.3 Å². The highest BCUT2D eigenvalue weighted by molar-refractivity contribution is 5.77. The monoisotopic (exact) mass is 245 g/mol. The lowest BCUT2D eigenvalue weighted by Gasteiger charge is -2.18. The van der Waals surface area contributed by atoms with Crippen molar-refractivity contribution in [1.82, 2.24) is 9.55 Å². The van der Waals surface area contributed by atoms with Crippen LogP contribution in [-0.4, -0.2) is 9.55 Å². The van der Waals surface area contributed by atoms with Gasteiger partial charge in [-0.3, -0.25) is 0 Å². The smallest absolute Gasteiger partial charge is 0.127 e. The van der Waals surface area contributed by atoms with Crippen molar-refractivity contribution in [2.45, 2.75) is 46.7 Å². The number of nitrogens with zero attached hydrogens (tertiary/aromatic N) is 2. The number of aryl methyl sites for hydroxylation is 2. The first kappa shape index (κ1) is 13.1. The molecule has 0 aliphatic carbocycles. The SMILES string of the molecule is CCC(C)C(N)c1nc2cc(C)ccc2n1CC. The molecule has 2 rings (SSSR count). The zero-order chi connectivity index (χ0) is 13.3. The maximum atomic E-state index is 6.34. The van der Waals surface area contributed by atoms with E-state index >= 15 is 0 Å². The van der Waals surface area contributed by atoms with Gasteiger partial charge in [0.25, 0.3) is 0 Å². The zero-order valence-corrected chi connectivity index (χ0v) is 11.8. The van der Waals surface area contributed by atoms with Crippen LogP contribution in [0.25, 0.3) is 11.0 Å². The summed E-state index contributed by atoms with van der Waals surface area (Å²) >= 11 is 0. The van der Waals surface area contributed by atoms with Gasteiger partial charge in [0.1, 0.15) is 5.82 Å². The highest BCUT2D eigenvalue weighted by Gasteiger charge is 2.20. The summed E-state index contributed by atoms with van der Waals surface area (Å²) in [5.41, 5.74) is 9.84. The molecule has 0 aliphatic heterocycles. The van der Waals surface area contributed by atoms with Crippen molar-refractivity contribution < 1.29 is 0 Å². The molecule has 0 saturated heterocycles. The average Bonchev–Trinajstić information content (AvgIpc) is 2.74. The van der Waals surface area contributed by atoms with Gasteiger partial charge in [-0.15, -0.1) is 0 Å². The Bertz CT molecular complexity index is 542. The van der Waals surface area contributed by atoms with Crippen molar-refractivity contribution in [1.29, 1.82) is 0 Å². The molecule has 0 saturated carbocycles. The number of hydrogen-bond donors (Lipinski definition) is 1. The van der Waals surface area contributed by atoms with E-state index in [9.17, 15) is 0 Å². The van der Waals surface area contributed by atoms with Crippen LogP contribution in [0, 0.1) is 12.8 Å². The van der Waals surface area contributed by atoms with Gasteiger partial charge in [0.05, 0.1) is 17.1 Å². The maximum Gasteiger partial charge on any atom is 0.127 e. The number of rotatable bonds is 4. The van der Waals surface area contributed by atoms with E-state index < -0.39 is 0 Å². The van der Waals surface area contributed by atoms with E-state index in [1.54, 1.807) is 0 Å². The average molecular weight is 245 g/mol. The third kappa shape index (κ3) is 2.15. The molecule has 0 bridgehead atoms. The molecule has 0 aliphatic rings. The molecule has 2 aromatic rings. The first-order chi connectivity index (χ1) is 8.58. The molecule has 3 nitrogen and oxygen atoms in total. The molecule has 1 heterocycles. The molecule has 0 radical (unpaired) electrons. The van der Waals surface area contributed by atoms with Crippen LogP contribution in [0.1, 0.15) is 44.6 Å². The normalized spacial score (nSPS) is 14.9. The van der Waals surface area contributed by atoms with Crippen LogP contribution in [0.2, 0.25) is 0 Å². The second-order valence-corrected chi connectivity index (χ2v) is 5.12. The first-order valence-corrected chi connectivity index (χ1v) is 6.80. The number of aromatic nitrogens is 2. The van der Waals surface area contributed by atoms with Gasteiger partial charge in [0.2, 0.25) is 0 Å². The lowest BCUT2D eigenvalue weighted by Crippen LogP contribution is -2.22. The van der Waals surface area contributed by atoms with Gasteiger partial charge in [-0.05, 0) is 37.5 Å². The van der Waals surface area contributed by atoms with E-state index in [1.165, 1.54) is 11.1 Å². The Morgan fingerprint density at radius 3 is 2.67 bits per heavy atom. The van der Waals surface area contributed by atoms with Crippen LogP contribution in [-0.2, 0) is 6.54 Å². The third-order valence-corrected chi connectivity index (χ3v) is 3.80. The summed E-state index contributed by atoms with van der Waals surface area (Å²) in [5, 5.41) is 0. The van der Waals surface area contributed by atoms with E-state index in [0.29, 0.717) is 5.92 Å². The minimum absolute atomic E-state index is 0.0163. The maximum absolute atomic E-state index is 6.34. The molecule has 0 amide bonds. The highest BCUT2D eigenvalue weighted by atomic mass is 15.1. The summed E-state index contributed by atoms with van der Waals surface area (Å²) in [6.07, 6.45) is 1.08. The molecular weight excluding hydrogens is 222 g/mol. The largest absolute Gasteiger partial charge is 0.327 e. The molecule has 0 spiro atoms. The third-order valence-electron chi connectivity index (χ3n) is 3.80. The van der Waals surface area contributed by atoms with Crippen molar-refractivity contribution in [3.63, 3.8) is 0 Å². The summed E-state index contributed by atoms with van der Waals surface area (Å²) < 4.78 is 2.24. The van der Waals surface area contributed by atoms with Crippen LogP contribution >= 0.6 is 0 Å². The summed E-state index contributed by atoms with van der Waals surface area (Å²) in [5.74, 6) is 1.47. The van der Waals surface area contributed by atoms with E-state index in [4.69, 9.17) is 10.7 Å². The molecule has 3 heteroatoms. The van der Waals surface area contributed by atoms with Gasteiger partial charge in [-0.25, -0.2) is 4.98 Å². The molecule has 2 unspecified atom stereocenters. The topological polar surface area (TPSA) is 43.8 Å². The summed E-state index contributed by atoms with van der Waals surface area (Å²) in [4.78, 5) is 4.75. The molecule has 2 N–H and O–H groups in total. The second kappa shape index (κ2) is 5.11. The van der Waals surface area contributed by atoms with Crippen molar-refractivity contribution >= 4 is 11.0 Å².